The zero-order valence-electron chi connectivity index (χ0n) is 9.30. The maximum absolute atomic E-state index is 5.27. The Morgan fingerprint density at radius 1 is 1.38 bits per heavy atom. The summed E-state index contributed by atoms with van der Waals surface area (Å²) in [5, 5.41) is 3.74. The van der Waals surface area contributed by atoms with Gasteiger partial charge in [0, 0.05) is 6.08 Å². The summed E-state index contributed by atoms with van der Waals surface area (Å²) >= 11 is 0. The van der Waals surface area contributed by atoms with E-state index in [0.29, 0.717) is 12.5 Å². The van der Waals surface area contributed by atoms with Gasteiger partial charge < -0.3 is 9.57 Å². The number of hydrogen-bond donors (Lipinski definition) is 0. The Kier molecular flexibility index (Phi) is 5.48. The second-order valence-electron chi connectivity index (χ2n) is 2.96. The fraction of sp³-hybridized carbons (Fsp3) is 0.154. The van der Waals surface area contributed by atoms with Crippen molar-refractivity contribution in [2.45, 2.75) is 0 Å². The van der Waals surface area contributed by atoms with Crippen LogP contribution >= 0.6 is 0 Å². The number of nitrogens with zero attached hydrogens (tertiary/aromatic N) is 1. The molecule has 0 saturated heterocycles. The highest BCUT2D eigenvalue weighted by Gasteiger charge is 1.94. The number of ether oxygens (including phenoxy) is 1. The fourth-order valence-electron chi connectivity index (χ4n) is 1.07. The fourth-order valence-corrected chi connectivity index (χ4v) is 1.07. The molecule has 1 aromatic rings. The third-order valence-electron chi connectivity index (χ3n) is 1.75. The van der Waals surface area contributed by atoms with Crippen molar-refractivity contribution in [2.75, 3.05) is 13.7 Å². The van der Waals surface area contributed by atoms with Gasteiger partial charge in [-0.15, -0.1) is 0 Å². The number of oxime groups is 1. The van der Waals surface area contributed by atoms with E-state index < -0.39 is 0 Å². The van der Waals surface area contributed by atoms with Crippen LogP contribution in [0, 0.1) is 0 Å². The molecule has 0 aliphatic rings. The maximum Gasteiger partial charge on any atom is 0.250 e. The maximum atomic E-state index is 5.27. The van der Waals surface area contributed by atoms with Gasteiger partial charge in [0.05, 0.1) is 0 Å². The lowest BCUT2D eigenvalue weighted by molar-refractivity contribution is 0.196. The molecule has 0 saturated carbocycles. The Balaban J connectivity index is 2.64. The summed E-state index contributed by atoms with van der Waals surface area (Å²) in [6, 6.07) is 9.90. The highest BCUT2D eigenvalue weighted by atomic mass is 16.6. The molecular formula is C13H15NO2. The quantitative estimate of drug-likeness (QED) is 0.328. The standard InChI is InChI=1S/C13H15NO2/c1-3-11-16-13(14-15-2)10-9-12-7-5-4-6-8-12/h3-10H,1,11H2,2H3/b10-9+,14-13-. The lowest BCUT2D eigenvalue weighted by atomic mass is 10.2. The monoisotopic (exact) mass is 217 g/mol. The molecule has 0 amide bonds. The molecule has 0 bridgehead atoms. The molecule has 0 aromatic heterocycles. The Morgan fingerprint density at radius 2 is 2.12 bits per heavy atom. The van der Waals surface area contributed by atoms with Crippen molar-refractivity contribution in [3.63, 3.8) is 0 Å². The smallest absolute Gasteiger partial charge is 0.250 e. The van der Waals surface area contributed by atoms with Crippen LogP contribution in [0.5, 0.6) is 0 Å². The summed E-state index contributed by atoms with van der Waals surface area (Å²) in [4.78, 5) is 4.67. The molecule has 0 heterocycles. The minimum atomic E-state index is 0.404. The first-order valence-electron chi connectivity index (χ1n) is 4.95. The van der Waals surface area contributed by atoms with Gasteiger partial charge in [0.2, 0.25) is 0 Å². The van der Waals surface area contributed by atoms with Gasteiger partial charge in [-0.1, -0.05) is 43.0 Å². The molecule has 0 unspecified atom stereocenters. The van der Waals surface area contributed by atoms with Gasteiger partial charge in [-0.25, -0.2) is 0 Å². The minimum Gasteiger partial charge on any atom is -0.471 e. The molecule has 1 rings (SSSR count). The van der Waals surface area contributed by atoms with E-state index in [9.17, 15) is 0 Å². The zero-order valence-corrected chi connectivity index (χ0v) is 9.30. The Hall–Kier alpha value is -2.03. The molecule has 0 spiro atoms. The van der Waals surface area contributed by atoms with Crippen molar-refractivity contribution in [1.82, 2.24) is 0 Å². The number of hydrogen-bond acceptors (Lipinski definition) is 3. The van der Waals surface area contributed by atoms with E-state index in [-0.39, 0.29) is 0 Å². The lowest BCUT2D eigenvalue weighted by Gasteiger charge is -2.01. The van der Waals surface area contributed by atoms with Crippen LogP contribution in [-0.2, 0) is 9.57 Å². The molecule has 0 aliphatic carbocycles. The van der Waals surface area contributed by atoms with Gasteiger partial charge >= 0.3 is 0 Å². The largest absolute Gasteiger partial charge is 0.471 e. The van der Waals surface area contributed by atoms with Crippen LogP contribution in [-0.4, -0.2) is 19.6 Å². The van der Waals surface area contributed by atoms with Gasteiger partial charge in [-0.05, 0) is 16.8 Å². The molecule has 1 aromatic carbocycles. The lowest BCUT2D eigenvalue weighted by Crippen LogP contribution is -2.01. The summed E-state index contributed by atoms with van der Waals surface area (Å²) in [6.07, 6.45) is 5.31. The number of rotatable bonds is 5. The third-order valence-corrected chi connectivity index (χ3v) is 1.75. The molecular weight excluding hydrogens is 202 g/mol. The zero-order chi connectivity index (χ0) is 11.6. The van der Waals surface area contributed by atoms with Gasteiger partial charge in [-0.3, -0.25) is 0 Å². The molecule has 16 heavy (non-hydrogen) atoms. The van der Waals surface area contributed by atoms with Gasteiger partial charge in [0.25, 0.3) is 5.90 Å². The second kappa shape index (κ2) is 7.29. The van der Waals surface area contributed by atoms with Gasteiger partial charge in [0.15, 0.2) is 0 Å². The van der Waals surface area contributed by atoms with E-state index in [2.05, 4.69) is 16.6 Å². The summed E-state index contributed by atoms with van der Waals surface area (Å²) in [6.45, 7) is 3.97. The van der Waals surface area contributed by atoms with Crippen LogP contribution in [0.1, 0.15) is 5.56 Å². The van der Waals surface area contributed by atoms with Crippen molar-refractivity contribution >= 4 is 12.0 Å². The molecule has 3 nitrogen and oxygen atoms in total. The molecule has 0 fully saturated rings. The molecule has 84 valence electrons. The summed E-state index contributed by atoms with van der Waals surface area (Å²) in [7, 11) is 1.48. The van der Waals surface area contributed by atoms with E-state index >= 15 is 0 Å². The van der Waals surface area contributed by atoms with Crippen molar-refractivity contribution in [3.8, 4) is 0 Å². The van der Waals surface area contributed by atoms with Crippen molar-refractivity contribution in [1.29, 1.82) is 0 Å². The Morgan fingerprint density at radius 3 is 2.75 bits per heavy atom. The Labute approximate surface area is 95.7 Å². The first-order chi connectivity index (χ1) is 7.86. The highest BCUT2D eigenvalue weighted by molar-refractivity contribution is 5.91. The first-order valence-corrected chi connectivity index (χ1v) is 4.95. The summed E-state index contributed by atoms with van der Waals surface area (Å²) in [5.41, 5.74) is 1.08. The van der Waals surface area contributed by atoms with Crippen LogP contribution in [0.25, 0.3) is 6.08 Å². The van der Waals surface area contributed by atoms with Crippen LogP contribution in [0.4, 0.5) is 0 Å². The summed E-state index contributed by atoms with van der Waals surface area (Å²) in [5.74, 6) is 0.422. The SMILES string of the molecule is C=CCOC(/C=C/c1ccccc1)=N\OC. The van der Waals surface area contributed by atoms with E-state index in [0.717, 1.165) is 5.56 Å². The molecule has 0 atom stereocenters. The summed E-state index contributed by atoms with van der Waals surface area (Å²) < 4.78 is 5.27. The molecule has 0 aliphatic heterocycles. The topological polar surface area (TPSA) is 30.8 Å². The predicted octanol–water partition coefficient (Wildman–Crippen LogP) is 2.86. The average Bonchev–Trinajstić information content (AvgIpc) is 2.34. The van der Waals surface area contributed by atoms with Crippen LogP contribution < -0.4 is 0 Å². The number of benzene rings is 1. The van der Waals surface area contributed by atoms with E-state index in [1.807, 2.05) is 36.4 Å². The predicted molar refractivity (Wildman–Crippen MR) is 66.1 cm³/mol. The van der Waals surface area contributed by atoms with Gasteiger partial charge in [0.1, 0.15) is 13.7 Å². The second-order valence-corrected chi connectivity index (χ2v) is 2.96. The van der Waals surface area contributed by atoms with Crippen molar-refractivity contribution < 1.29 is 9.57 Å². The normalized spacial score (nSPS) is 11.4. The van der Waals surface area contributed by atoms with E-state index in [1.54, 1.807) is 12.2 Å². The molecule has 3 heteroatoms. The van der Waals surface area contributed by atoms with Gasteiger partial charge in [-0.2, -0.15) is 0 Å². The van der Waals surface area contributed by atoms with Crippen LogP contribution in [0.3, 0.4) is 0 Å². The van der Waals surface area contributed by atoms with Crippen molar-refractivity contribution in [3.05, 3.63) is 54.6 Å². The Bertz CT molecular complexity index is 369. The van der Waals surface area contributed by atoms with E-state index in [4.69, 9.17) is 4.74 Å². The third kappa shape index (κ3) is 4.46. The molecule has 0 radical (unpaired) electrons. The molecule has 0 N–H and O–H groups in total. The highest BCUT2D eigenvalue weighted by Crippen LogP contribution is 2.01. The van der Waals surface area contributed by atoms with Crippen LogP contribution in [0.15, 0.2) is 54.2 Å². The van der Waals surface area contributed by atoms with Crippen LogP contribution in [0.2, 0.25) is 0 Å². The minimum absolute atomic E-state index is 0.404. The van der Waals surface area contributed by atoms with Crippen molar-refractivity contribution in [2.24, 2.45) is 5.16 Å². The van der Waals surface area contributed by atoms with E-state index in [1.165, 1.54) is 7.11 Å². The average molecular weight is 217 g/mol. The first kappa shape index (κ1) is 12.0.